The van der Waals surface area contributed by atoms with Crippen molar-refractivity contribution in [1.29, 1.82) is 0 Å². The fourth-order valence-electron chi connectivity index (χ4n) is 1.44. The molecular weight excluding hydrogens is 310 g/mol. The maximum absolute atomic E-state index is 10.3. The van der Waals surface area contributed by atoms with Crippen LogP contribution in [0.4, 0.5) is 0 Å². The molecule has 0 spiro atoms. The molecule has 3 N–H and O–H groups in total. The number of amidine groups is 1. The second-order valence-electron chi connectivity index (χ2n) is 4.02. The Bertz CT molecular complexity index is 559. The Morgan fingerprint density at radius 2 is 2.13 bits per heavy atom. The molecule has 0 radical (unpaired) electrons. The van der Waals surface area contributed by atoms with Gasteiger partial charge in [0.25, 0.3) is 0 Å². The van der Waals surface area contributed by atoms with E-state index in [0.717, 1.165) is 17.4 Å². The number of nitrogens with two attached hydrogens (primary N) is 1. The predicted molar refractivity (Wildman–Crippen MR) is 102 cm³/mol. The Kier molecular flexibility index (Phi) is 11.9. The van der Waals surface area contributed by atoms with Gasteiger partial charge in [-0.2, -0.15) is 5.10 Å². The fourth-order valence-corrected chi connectivity index (χ4v) is 1.87. The first-order chi connectivity index (χ1) is 11.1. The Morgan fingerprint density at radius 3 is 2.65 bits per heavy atom. The summed E-state index contributed by atoms with van der Waals surface area (Å²) < 4.78 is 0. The molecular formula is C16H23N5OS. The number of aldehydes is 1. The molecule has 23 heavy (non-hydrogen) atoms. The molecule has 0 aromatic heterocycles. The van der Waals surface area contributed by atoms with Crippen LogP contribution in [0.25, 0.3) is 0 Å². The Morgan fingerprint density at radius 1 is 1.39 bits per heavy atom. The average Bonchev–Trinajstić information content (AvgIpc) is 2.57. The van der Waals surface area contributed by atoms with Gasteiger partial charge in [0, 0.05) is 31.2 Å². The number of carbonyl (C=O) groups excluding carboxylic acids is 1. The van der Waals surface area contributed by atoms with Crippen molar-refractivity contribution in [2.24, 2.45) is 20.8 Å². The van der Waals surface area contributed by atoms with Gasteiger partial charge in [-0.3, -0.25) is 15.4 Å². The van der Waals surface area contributed by atoms with Gasteiger partial charge in [-0.05, 0) is 24.6 Å². The minimum absolute atomic E-state index is 0.392. The minimum Gasteiger partial charge on any atom is -0.398 e. The van der Waals surface area contributed by atoms with E-state index in [1.807, 2.05) is 19.1 Å². The summed E-state index contributed by atoms with van der Waals surface area (Å²) in [5, 5.41) is 3.66. The van der Waals surface area contributed by atoms with E-state index in [1.165, 1.54) is 11.8 Å². The molecule has 0 aromatic carbocycles. The molecule has 7 heteroatoms. The fraction of sp³-hybridized carbons (Fsp3) is 0.250. The Labute approximate surface area is 141 Å². The minimum atomic E-state index is 0.392. The highest BCUT2D eigenvalue weighted by Gasteiger charge is 2.05. The number of hydrogen-bond donors (Lipinski definition) is 2. The maximum atomic E-state index is 10.3. The third-order valence-corrected chi connectivity index (χ3v) is 3.22. The number of thioether (sulfide) groups is 1. The zero-order valence-corrected chi connectivity index (χ0v) is 14.3. The third kappa shape index (κ3) is 8.57. The summed E-state index contributed by atoms with van der Waals surface area (Å²) in [5.41, 5.74) is 10.8. The average molecular weight is 333 g/mol. The van der Waals surface area contributed by atoms with Crippen molar-refractivity contribution in [3.8, 4) is 0 Å². The molecule has 0 saturated heterocycles. The van der Waals surface area contributed by atoms with Crippen LogP contribution in [-0.4, -0.2) is 43.7 Å². The van der Waals surface area contributed by atoms with E-state index in [4.69, 9.17) is 5.73 Å². The van der Waals surface area contributed by atoms with Gasteiger partial charge >= 0.3 is 0 Å². The topological polar surface area (TPSA) is 92.2 Å². The molecule has 0 aliphatic heterocycles. The predicted octanol–water partition coefficient (Wildman–Crippen LogP) is 2.08. The number of hydrazone groups is 1. The summed E-state index contributed by atoms with van der Waals surface area (Å²) in [6, 6.07) is 0. The molecule has 0 heterocycles. The van der Waals surface area contributed by atoms with E-state index < -0.39 is 0 Å². The number of nitrogens with one attached hydrogen (secondary N) is 1. The van der Waals surface area contributed by atoms with Crippen LogP contribution in [0.2, 0.25) is 0 Å². The molecule has 0 aliphatic carbocycles. The molecule has 0 bridgehead atoms. The van der Waals surface area contributed by atoms with Crippen LogP contribution in [0.15, 0.2) is 62.8 Å². The molecule has 0 rings (SSSR count). The monoisotopic (exact) mass is 333 g/mol. The quantitative estimate of drug-likeness (QED) is 0.160. The normalized spacial score (nSPS) is 14.0. The second-order valence-corrected chi connectivity index (χ2v) is 5.02. The highest BCUT2D eigenvalue weighted by molar-refractivity contribution is 7.99. The van der Waals surface area contributed by atoms with Gasteiger partial charge in [-0.25, -0.2) is 0 Å². The van der Waals surface area contributed by atoms with Gasteiger partial charge in [0.1, 0.15) is 12.1 Å². The Hall–Kier alpha value is -2.41. The summed E-state index contributed by atoms with van der Waals surface area (Å²) in [5.74, 6) is 1.36. The van der Waals surface area contributed by atoms with Crippen molar-refractivity contribution in [2.75, 3.05) is 18.7 Å². The largest absolute Gasteiger partial charge is 0.398 e. The number of hydrogen-bond acceptors (Lipinski definition) is 6. The van der Waals surface area contributed by atoms with Gasteiger partial charge in [-0.1, -0.05) is 18.7 Å². The van der Waals surface area contributed by atoms with Crippen LogP contribution in [0.3, 0.4) is 0 Å². The number of rotatable bonds is 10. The molecule has 124 valence electrons. The number of allylic oxidation sites excluding steroid dienone is 3. The summed E-state index contributed by atoms with van der Waals surface area (Å²) >= 11 is 1.40. The number of nitrogens with zero attached hydrogens (tertiary/aromatic N) is 3. The smallest absolute Gasteiger partial charge is 0.149 e. The highest BCUT2D eigenvalue weighted by Crippen LogP contribution is 2.11. The molecule has 0 saturated carbocycles. The lowest BCUT2D eigenvalue weighted by Gasteiger charge is -2.09. The molecule has 0 aromatic rings. The van der Waals surface area contributed by atoms with E-state index in [9.17, 15) is 4.79 Å². The van der Waals surface area contributed by atoms with Gasteiger partial charge < -0.3 is 10.5 Å². The van der Waals surface area contributed by atoms with Crippen molar-refractivity contribution < 1.29 is 4.79 Å². The lowest BCUT2D eigenvalue weighted by atomic mass is 10.1. The number of carbonyl (C=O) groups is 1. The van der Waals surface area contributed by atoms with E-state index in [-0.39, 0.29) is 0 Å². The molecule has 0 aliphatic rings. The van der Waals surface area contributed by atoms with Crippen molar-refractivity contribution in [2.45, 2.75) is 6.92 Å². The summed E-state index contributed by atoms with van der Waals surface area (Å²) in [7, 11) is 1.67. The van der Waals surface area contributed by atoms with Crippen LogP contribution in [-0.2, 0) is 4.79 Å². The molecule has 6 nitrogen and oxygen atoms in total. The van der Waals surface area contributed by atoms with E-state index in [1.54, 1.807) is 25.4 Å². The lowest BCUT2D eigenvalue weighted by Crippen LogP contribution is -2.19. The zero-order chi connectivity index (χ0) is 17.5. The van der Waals surface area contributed by atoms with Crippen LogP contribution in [0.1, 0.15) is 6.92 Å². The highest BCUT2D eigenvalue weighted by atomic mass is 32.2. The first-order valence-corrected chi connectivity index (χ1v) is 7.96. The third-order valence-electron chi connectivity index (χ3n) is 2.54. The van der Waals surface area contributed by atoms with Crippen molar-refractivity contribution >= 4 is 36.8 Å². The van der Waals surface area contributed by atoms with Crippen molar-refractivity contribution in [3.05, 3.63) is 47.7 Å². The van der Waals surface area contributed by atoms with E-state index in [0.29, 0.717) is 23.2 Å². The van der Waals surface area contributed by atoms with Crippen LogP contribution in [0, 0.1) is 0 Å². The van der Waals surface area contributed by atoms with Gasteiger partial charge in [0.15, 0.2) is 0 Å². The van der Waals surface area contributed by atoms with Gasteiger partial charge in [0.2, 0.25) is 0 Å². The second kappa shape index (κ2) is 13.3. The summed E-state index contributed by atoms with van der Waals surface area (Å²) in [6.07, 6.45) is 9.49. The van der Waals surface area contributed by atoms with Gasteiger partial charge in [0.05, 0.1) is 11.6 Å². The lowest BCUT2D eigenvalue weighted by molar-refractivity contribution is -0.105. The molecule has 0 unspecified atom stereocenters. The standard InChI is InChI=1S/C16H23N5OS/c1-5-13(15(17)7-8-18-3)11-14(6-2)16(21-19-4)20-12-23-10-9-22/h5-9,11H,1,4,10,12,17H2,2-3H3,(H,20,21)/b13-11+,14-6+,15-7?,18-8?. The zero-order valence-electron chi connectivity index (χ0n) is 13.5. The van der Waals surface area contributed by atoms with Crippen LogP contribution in [0.5, 0.6) is 0 Å². The van der Waals surface area contributed by atoms with Gasteiger partial charge in [-0.15, -0.1) is 11.8 Å². The molecule has 0 amide bonds. The van der Waals surface area contributed by atoms with E-state index in [2.05, 4.69) is 33.8 Å². The van der Waals surface area contributed by atoms with Crippen molar-refractivity contribution in [3.63, 3.8) is 0 Å². The first-order valence-electron chi connectivity index (χ1n) is 6.81. The summed E-state index contributed by atoms with van der Waals surface area (Å²) in [4.78, 5) is 18.6. The van der Waals surface area contributed by atoms with E-state index >= 15 is 0 Å². The van der Waals surface area contributed by atoms with Crippen LogP contribution < -0.4 is 11.2 Å². The van der Waals surface area contributed by atoms with Crippen molar-refractivity contribution in [1.82, 2.24) is 5.43 Å². The number of aliphatic imine (C=N–C) groups is 2. The SMILES string of the molecule is C=C/C(=C\C(=C/C)C(=NCSCC=O)NN=C)C(N)=CC=NC. The maximum Gasteiger partial charge on any atom is 0.149 e. The summed E-state index contributed by atoms with van der Waals surface area (Å²) in [6.45, 7) is 9.05. The molecule has 0 fully saturated rings. The van der Waals surface area contributed by atoms with Crippen LogP contribution >= 0.6 is 11.8 Å². The molecule has 0 atom stereocenters. The first kappa shape index (κ1) is 20.6. The Balaban J connectivity index is 5.46.